The minimum atomic E-state index is -0.0179. The van der Waals surface area contributed by atoms with Crippen molar-refractivity contribution in [1.29, 1.82) is 0 Å². The molecule has 0 bridgehead atoms. The lowest BCUT2D eigenvalue weighted by Gasteiger charge is -2.02. The van der Waals surface area contributed by atoms with Crippen molar-refractivity contribution in [2.24, 2.45) is 4.99 Å². The first-order chi connectivity index (χ1) is 9.15. The molecule has 0 radical (unpaired) electrons. The molecule has 0 atom stereocenters. The smallest absolute Gasteiger partial charge is 0.248 e. The summed E-state index contributed by atoms with van der Waals surface area (Å²) in [5.74, 6) is -0.0179. The van der Waals surface area contributed by atoms with Crippen molar-refractivity contribution in [1.82, 2.24) is 4.57 Å². The predicted molar refractivity (Wildman–Crippen MR) is 80.3 cm³/mol. The number of thiazole rings is 1. The summed E-state index contributed by atoms with van der Waals surface area (Å²) < 4.78 is 3.36. The fourth-order valence-corrected chi connectivity index (χ4v) is 3.25. The van der Waals surface area contributed by atoms with Gasteiger partial charge in [0, 0.05) is 13.0 Å². The Morgan fingerprint density at radius 2 is 2.11 bits per heavy atom. The van der Waals surface area contributed by atoms with E-state index in [1.54, 1.807) is 11.3 Å². The molecule has 1 aromatic heterocycles. The molecule has 0 fully saturated rings. The summed E-state index contributed by atoms with van der Waals surface area (Å²) in [5.41, 5.74) is 2.42. The fourth-order valence-electron chi connectivity index (χ4n) is 2.08. The van der Waals surface area contributed by atoms with Crippen LogP contribution in [0, 0.1) is 6.92 Å². The number of amides is 1. The van der Waals surface area contributed by atoms with Gasteiger partial charge in [0.15, 0.2) is 4.80 Å². The number of aryl methyl sites for hydroxylation is 2. The summed E-state index contributed by atoms with van der Waals surface area (Å²) in [6, 6.07) is 6.40. The van der Waals surface area contributed by atoms with Crippen LogP contribution >= 0.6 is 11.3 Å². The monoisotopic (exact) mass is 276 g/mol. The Labute approximate surface area is 117 Å². The molecule has 0 aliphatic carbocycles. The van der Waals surface area contributed by atoms with Gasteiger partial charge in [-0.1, -0.05) is 31.3 Å². The van der Waals surface area contributed by atoms with E-state index in [0.717, 1.165) is 24.2 Å². The lowest BCUT2D eigenvalue weighted by molar-refractivity contribution is -0.118. The van der Waals surface area contributed by atoms with E-state index in [0.29, 0.717) is 6.42 Å². The molecule has 2 rings (SSSR count). The first-order valence-electron chi connectivity index (χ1n) is 6.83. The highest BCUT2D eigenvalue weighted by molar-refractivity contribution is 7.16. The van der Waals surface area contributed by atoms with Gasteiger partial charge in [0.2, 0.25) is 5.91 Å². The standard InChI is InChI=1S/C15H20N2OS/c1-4-6-14(18)16-15-17(9-5-2)12-8-7-11(3)10-13(12)19-15/h7-8,10H,4-6,9H2,1-3H3. The number of benzene rings is 1. The fraction of sp³-hybridized carbons (Fsp3) is 0.467. The van der Waals surface area contributed by atoms with E-state index < -0.39 is 0 Å². The number of nitrogens with zero attached hydrogens (tertiary/aromatic N) is 2. The Morgan fingerprint density at radius 1 is 1.32 bits per heavy atom. The Balaban J connectivity index is 2.58. The van der Waals surface area contributed by atoms with Crippen LogP contribution in [0.4, 0.5) is 0 Å². The molecule has 102 valence electrons. The number of aromatic nitrogens is 1. The Morgan fingerprint density at radius 3 is 2.79 bits per heavy atom. The van der Waals surface area contributed by atoms with Crippen molar-refractivity contribution in [3.05, 3.63) is 28.6 Å². The zero-order chi connectivity index (χ0) is 13.8. The molecular formula is C15H20N2OS. The molecule has 4 heteroatoms. The highest BCUT2D eigenvalue weighted by atomic mass is 32.1. The van der Waals surface area contributed by atoms with Gasteiger partial charge < -0.3 is 4.57 Å². The van der Waals surface area contributed by atoms with Gasteiger partial charge in [-0.25, -0.2) is 0 Å². The highest BCUT2D eigenvalue weighted by Gasteiger charge is 2.07. The van der Waals surface area contributed by atoms with Crippen molar-refractivity contribution in [3.63, 3.8) is 0 Å². The van der Waals surface area contributed by atoms with Gasteiger partial charge in [-0.2, -0.15) is 4.99 Å². The highest BCUT2D eigenvalue weighted by Crippen LogP contribution is 2.19. The number of carbonyl (C=O) groups excluding carboxylic acids is 1. The van der Waals surface area contributed by atoms with Crippen molar-refractivity contribution in [2.45, 2.75) is 46.6 Å². The molecule has 0 saturated heterocycles. The van der Waals surface area contributed by atoms with Crippen LogP contribution in [0.5, 0.6) is 0 Å². The van der Waals surface area contributed by atoms with E-state index in [9.17, 15) is 4.79 Å². The molecule has 0 saturated carbocycles. The van der Waals surface area contributed by atoms with Crippen LogP contribution in [0.15, 0.2) is 23.2 Å². The largest absolute Gasteiger partial charge is 0.316 e. The van der Waals surface area contributed by atoms with Gasteiger partial charge in [0.1, 0.15) is 0 Å². The van der Waals surface area contributed by atoms with Crippen LogP contribution in [0.3, 0.4) is 0 Å². The zero-order valence-electron chi connectivity index (χ0n) is 11.8. The van der Waals surface area contributed by atoms with Gasteiger partial charge in [-0.05, 0) is 37.5 Å². The normalized spacial score (nSPS) is 12.3. The molecule has 1 amide bonds. The lowest BCUT2D eigenvalue weighted by atomic mass is 10.2. The van der Waals surface area contributed by atoms with Crippen LogP contribution in [0.1, 0.15) is 38.7 Å². The molecule has 0 N–H and O–H groups in total. The molecular weight excluding hydrogens is 256 g/mol. The lowest BCUT2D eigenvalue weighted by Crippen LogP contribution is -2.16. The van der Waals surface area contributed by atoms with Crippen molar-refractivity contribution < 1.29 is 4.79 Å². The quantitative estimate of drug-likeness (QED) is 0.839. The van der Waals surface area contributed by atoms with Crippen LogP contribution in [-0.4, -0.2) is 10.5 Å². The average molecular weight is 276 g/mol. The molecule has 0 spiro atoms. The number of carbonyl (C=O) groups is 1. The summed E-state index contributed by atoms with van der Waals surface area (Å²) in [6.45, 7) is 7.13. The van der Waals surface area contributed by atoms with E-state index in [2.05, 4.69) is 41.6 Å². The van der Waals surface area contributed by atoms with E-state index in [4.69, 9.17) is 0 Å². The van der Waals surface area contributed by atoms with Crippen molar-refractivity contribution in [3.8, 4) is 0 Å². The molecule has 3 nitrogen and oxygen atoms in total. The molecule has 1 aromatic carbocycles. The van der Waals surface area contributed by atoms with Crippen molar-refractivity contribution >= 4 is 27.5 Å². The number of hydrogen-bond donors (Lipinski definition) is 0. The maximum atomic E-state index is 11.7. The Bertz CT molecular complexity index is 652. The molecule has 0 aliphatic heterocycles. The number of hydrogen-bond acceptors (Lipinski definition) is 2. The summed E-state index contributed by atoms with van der Waals surface area (Å²) >= 11 is 1.61. The van der Waals surface area contributed by atoms with E-state index >= 15 is 0 Å². The maximum Gasteiger partial charge on any atom is 0.248 e. The van der Waals surface area contributed by atoms with Crippen LogP contribution in [-0.2, 0) is 11.3 Å². The van der Waals surface area contributed by atoms with Crippen LogP contribution in [0.25, 0.3) is 10.2 Å². The average Bonchev–Trinajstić information content (AvgIpc) is 2.67. The molecule has 1 heterocycles. The minimum Gasteiger partial charge on any atom is -0.316 e. The minimum absolute atomic E-state index is 0.0179. The first-order valence-corrected chi connectivity index (χ1v) is 7.65. The van der Waals surface area contributed by atoms with Gasteiger partial charge in [0.05, 0.1) is 10.2 Å². The molecule has 2 aromatic rings. The van der Waals surface area contributed by atoms with E-state index in [-0.39, 0.29) is 5.91 Å². The second-order valence-corrected chi connectivity index (χ2v) is 5.77. The SMILES string of the molecule is CCCC(=O)N=c1sc2cc(C)ccc2n1CCC. The van der Waals surface area contributed by atoms with Gasteiger partial charge in [-0.15, -0.1) is 0 Å². The van der Waals surface area contributed by atoms with Gasteiger partial charge in [0.25, 0.3) is 0 Å². The first kappa shape index (κ1) is 14.0. The predicted octanol–water partition coefficient (Wildman–Crippen LogP) is 3.65. The van der Waals surface area contributed by atoms with E-state index in [1.807, 2.05) is 6.92 Å². The van der Waals surface area contributed by atoms with Crippen molar-refractivity contribution in [2.75, 3.05) is 0 Å². The zero-order valence-corrected chi connectivity index (χ0v) is 12.6. The van der Waals surface area contributed by atoms with Gasteiger partial charge >= 0.3 is 0 Å². The van der Waals surface area contributed by atoms with Gasteiger partial charge in [-0.3, -0.25) is 4.79 Å². The second-order valence-electron chi connectivity index (χ2n) is 4.76. The third-order valence-electron chi connectivity index (χ3n) is 2.97. The number of fused-ring (bicyclic) bond motifs is 1. The Hall–Kier alpha value is -1.42. The second kappa shape index (κ2) is 6.15. The summed E-state index contributed by atoms with van der Waals surface area (Å²) in [5, 5.41) is 0. The molecule has 19 heavy (non-hydrogen) atoms. The van der Waals surface area contributed by atoms with E-state index in [1.165, 1.54) is 15.8 Å². The summed E-state index contributed by atoms with van der Waals surface area (Å²) in [6.07, 6.45) is 2.41. The summed E-state index contributed by atoms with van der Waals surface area (Å²) in [7, 11) is 0. The number of rotatable bonds is 4. The van der Waals surface area contributed by atoms with Crippen LogP contribution < -0.4 is 4.80 Å². The van der Waals surface area contributed by atoms with Crippen LogP contribution in [0.2, 0.25) is 0 Å². The Kier molecular flexibility index (Phi) is 4.53. The topological polar surface area (TPSA) is 34.4 Å². The molecule has 0 unspecified atom stereocenters. The third-order valence-corrected chi connectivity index (χ3v) is 4.01. The maximum absolute atomic E-state index is 11.7. The summed E-state index contributed by atoms with van der Waals surface area (Å²) in [4.78, 5) is 16.9. The third kappa shape index (κ3) is 3.13. The molecule has 0 aliphatic rings.